The number of ether oxygens (including phenoxy) is 1. The van der Waals surface area contributed by atoms with Crippen molar-refractivity contribution < 1.29 is 19.7 Å². The molecule has 1 aliphatic rings. The Hall–Kier alpha value is -0.810. The Bertz CT molecular complexity index is 250. The predicted octanol–water partition coefficient (Wildman–Crippen LogP) is 0.844. The Morgan fingerprint density at radius 3 is 2.06 bits per heavy atom. The van der Waals surface area contributed by atoms with Crippen molar-refractivity contribution in [1.29, 1.82) is 0 Å². The summed E-state index contributed by atoms with van der Waals surface area (Å²) in [6.07, 6.45) is 0.390. The third-order valence-corrected chi connectivity index (χ3v) is 2.79. The van der Waals surface area contributed by atoms with E-state index in [1.54, 1.807) is 4.90 Å². The van der Waals surface area contributed by atoms with E-state index < -0.39 is 5.60 Å². The van der Waals surface area contributed by atoms with Crippen LogP contribution in [0.2, 0.25) is 0 Å². The summed E-state index contributed by atoms with van der Waals surface area (Å²) < 4.78 is 5.29. The number of amides is 1. The number of aliphatic hydroxyl groups is 2. The molecule has 17 heavy (non-hydrogen) atoms. The summed E-state index contributed by atoms with van der Waals surface area (Å²) in [5.41, 5.74) is -0.516. The van der Waals surface area contributed by atoms with Gasteiger partial charge in [0.15, 0.2) is 0 Å². The second-order valence-corrected chi connectivity index (χ2v) is 5.72. The zero-order chi connectivity index (χ0) is 13.1. The summed E-state index contributed by atoms with van der Waals surface area (Å²) in [5, 5.41) is 18.4. The van der Waals surface area contributed by atoms with Crippen LogP contribution in [0.1, 0.15) is 27.2 Å². The number of nitrogens with zero attached hydrogens (tertiary/aromatic N) is 1. The van der Waals surface area contributed by atoms with E-state index in [-0.39, 0.29) is 31.1 Å². The number of rotatable bonds is 2. The first-order valence-electron chi connectivity index (χ1n) is 6.05. The molecule has 0 aromatic rings. The molecular formula is C12H23NO4. The highest BCUT2D eigenvalue weighted by Crippen LogP contribution is 2.23. The van der Waals surface area contributed by atoms with E-state index in [9.17, 15) is 15.0 Å². The van der Waals surface area contributed by atoms with Gasteiger partial charge in [0.05, 0.1) is 0 Å². The van der Waals surface area contributed by atoms with Gasteiger partial charge >= 0.3 is 6.09 Å². The second kappa shape index (κ2) is 5.69. The minimum Gasteiger partial charge on any atom is -0.444 e. The molecule has 1 rings (SSSR count). The highest BCUT2D eigenvalue weighted by molar-refractivity contribution is 5.68. The molecule has 0 saturated carbocycles. The van der Waals surface area contributed by atoms with E-state index >= 15 is 0 Å². The van der Waals surface area contributed by atoms with Crippen molar-refractivity contribution in [3.8, 4) is 0 Å². The van der Waals surface area contributed by atoms with Crippen LogP contribution in [0.25, 0.3) is 0 Å². The van der Waals surface area contributed by atoms with Crippen molar-refractivity contribution >= 4 is 6.09 Å². The Morgan fingerprint density at radius 2 is 1.71 bits per heavy atom. The number of hydrogen-bond donors (Lipinski definition) is 2. The van der Waals surface area contributed by atoms with Crippen molar-refractivity contribution in [2.24, 2.45) is 11.8 Å². The topological polar surface area (TPSA) is 70.0 Å². The molecule has 0 spiro atoms. The SMILES string of the molecule is CC(C)(C)OC(=O)N1C[C@H](CO)C[C@H](CO)C1. The lowest BCUT2D eigenvalue weighted by molar-refractivity contribution is -0.000440. The molecule has 5 heteroatoms. The number of piperidine rings is 1. The highest BCUT2D eigenvalue weighted by atomic mass is 16.6. The van der Waals surface area contributed by atoms with E-state index in [0.29, 0.717) is 13.1 Å². The smallest absolute Gasteiger partial charge is 0.410 e. The number of likely N-dealkylation sites (tertiary alicyclic amines) is 1. The molecule has 0 aliphatic carbocycles. The minimum absolute atomic E-state index is 0.0356. The van der Waals surface area contributed by atoms with Gasteiger partial charge in [0, 0.05) is 38.1 Å². The molecule has 5 nitrogen and oxygen atoms in total. The van der Waals surface area contributed by atoms with Gasteiger partial charge < -0.3 is 19.8 Å². The maximum absolute atomic E-state index is 11.9. The summed E-state index contributed by atoms with van der Waals surface area (Å²) in [5.74, 6) is 0.0711. The van der Waals surface area contributed by atoms with E-state index in [2.05, 4.69) is 0 Å². The largest absolute Gasteiger partial charge is 0.444 e. The van der Waals surface area contributed by atoms with Gasteiger partial charge in [0.2, 0.25) is 0 Å². The molecule has 100 valence electrons. The van der Waals surface area contributed by atoms with Gasteiger partial charge in [-0.25, -0.2) is 4.79 Å². The average Bonchev–Trinajstić information content (AvgIpc) is 2.26. The molecule has 1 amide bonds. The number of hydrogen-bond acceptors (Lipinski definition) is 4. The van der Waals surface area contributed by atoms with Gasteiger partial charge in [-0.15, -0.1) is 0 Å². The van der Waals surface area contributed by atoms with Gasteiger partial charge in [-0.3, -0.25) is 0 Å². The molecule has 1 aliphatic heterocycles. The van der Waals surface area contributed by atoms with Gasteiger partial charge in [-0.2, -0.15) is 0 Å². The third kappa shape index (κ3) is 4.52. The molecule has 0 radical (unpaired) electrons. The Labute approximate surface area is 102 Å². The van der Waals surface area contributed by atoms with Crippen molar-refractivity contribution in [2.75, 3.05) is 26.3 Å². The molecule has 0 unspecified atom stereocenters. The minimum atomic E-state index is -0.516. The lowest BCUT2D eigenvalue weighted by atomic mass is 9.90. The molecular weight excluding hydrogens is 222 g/mol. The van der Waals surface area contributed by atoms with E-state index in [0.717, 1.165) is 6.42 Å². The van der Waals surface area contributed by atoms with Crippen molar-refractivity contribution in [3.63, 3.8) is 0 Å². The fourth-order valence-corrected chi connectivity index (χ4v) is 2.06. The first-order valence-corrected chi connectivity index (χ1v) is 6.05. The van der Waals surface area contributed by atoms with E-state index in [1.807, 2.05) is 20.8 Å². The van der Waals surface area contributed by atoms with Gasteiger partial charge in [0.1, 0.15) is 5.60 Å². The normalized spacial score (nSPS) is 25.8. The van der Waals surface area contributed by atoms with Crippen LogP contribution < -0.4 is 0 Å². The average molecular weight is 245 g/mol. The van der Waals surface area contributed by atoms with Gasteiger partial charge in [-0.1, -0.05) is 0 Å². The third-order valence-electron chi connectivity index (χ3n) is 2.79. The number of aliphatic hydroxyl groups excluding tert-OH is 2. The van der Waals surface area contributed by atoms with Crippen molar-refractivity contribution in [2.45, 2.75) is 32.8 Å². The van der Waals surface area contributed by atoms with E-state index in [1.165, 1.54) is 0 Å². The van der Waals surface area contributed by atoms with Crippen LogP contribution in [0.3, 0.4) is 0 Å². The number of carbonyl (C=O) groups is 1. The standard InChI is InChI=1S/C12H23NO4/c1-12(2,3)17-11(16)13-5-9(7-14)4-10(6-13)8-15/h9-10,14-15H,4-8H2,1-3H3/t9-,10+. The van der Waals surface area contributed by atoms with Crippen LogP contribution in [0.5, 0.6) is 0 Å². The van der Waals surface area contributed by atoms with Crippen LogP contribution in [0, 0.1) is 11.8 Å². The summed E-state index contributed by atoms with van der Waals surface area (Å²) in [4.78, 5) is 13.5. The highest BCUT2D eigenvalue weighted by Gasteiger charge is 2.31. The van der Waals surface area contributed by atoms with Crippen LogP contribution in [-0.2, 0) is 4.74 Å². The molecule has 0 bridgehead atoms. The van der Waals surface area contributed by atoms with Crippen LogP contribution in [0.4, 0.5) is 4.79 Å². The zero-order valence-corrected chi connectivity index (χ0v) is 10.8. The maximum atomic E-state index is 11.9. The van der Waals surface area contributed by atoms with E-state index in [4.69, 9.17) is 4.74 Å². The van der Waals surface area contributed by atoms with Gasteiger partial charge in [-0.05, 0) is 27.2 Å². The summed E-state index contributed by atoms with van der Waals surface area (Å²) >= 11 is 0. The molecule has 2 N–H and O–H groups in total. The fourth-order valence-electron chi connectivity index (χ4n) is 2.06. The van der Waals surface area contributed by atoms with Crippen LogP contribution in [0.15, 0.2) is 0 Å². The monoisotopic (exact) mass is 245 g/mol. The fraction of sp³-hybridized carbons (Fsp3) is 0.917. The molecule has 2 atom stereocenters. The first kappa shape index (κ1) is 14.3. The van der Waals surface area contributed by atoms with Gasteiger partial charge in [0.25, 0.3) is 0 Å². The Morgan fingerprint density at radius 1 is 1.24 bits per heavy atom. The van der Waals surface area contributed by atoms with Crippen molar-refractivity contribution in [1.82, 2.24) is 4.90 Å². The summed E-state index contributed by atoms with van der Waals surface area (Å²) in [6.45, 7) is 6.54. The number of carbonyl (C=O) groups excluding carboxylic acids is 1. The molecule has 1 heterocycles. The second-order valence-electron chi connectivity index (χ2n) is 5.72. The molecule has 0 aromatic heterocycles. The quantitative estimate of drug-likeness (QED) is 0.756. The summed E-state index contributed by atoms with van der Waals surface area (Å²) in [6, 6.07) is 0. The Kier molecular flexibility index (Phi) is 4.77. The first-order chi connectivity index (χ1) is 7.85. The lowest BCUT2D eigenvalue weighted by Gasteiger charge is -2.37. The zero-order valence-electron chi connectivity index (χ0n) is 10.8. The Balaban J connectivity index is 2.59. The molecule has 0 aromatic carbocycles. The van der Waals surface area contributed by atoms with Crippen LogP contribution >= 0.6 is 0 Å². The molecule has 1 saturated heterocycles. The summed E-state index contributed by atoms with van der Waals surface area (Å²) in [7, 11) is 0. The predicted molar refractivity (Wildman–Crippen MR) is 63.6 cm³/mol. The maximum Gasteiger partial charge on any atom is 0.410 e. The lowest BCUT2D eigenvalue weighted by Crippen LogP contribution is -2.47. The van der Waals surface area contributed by atoms with Crippen LogP contribution in [-0.4, -0.2) is 53.1 Å². The van der Waals surface area contributed by atoms with Crippen molar-refractivity contribution in [3.05, 3.63) is 0 Å². The molecule has 1 fully saturated rings.